The number of aromatic nitrogens is 1. The van der Waals surface area contributed by atoms with Gasteiger partial charge < -0.3 is 4.57 Å². The third kappa shape index (κ3) is 3.29. The smallest absolute Gasteiger partial charge is 0.331 e. The lowest BCUT2D eigenvalue weighted by Crippen LogP contribution is -2.58. The van der Waals surface area contributed by atoms with Crippen molar-refractivity contribution in [3.05, 3.63) is 28.6 Å². The van der Waals surface area contributed by atoms with Crippen LogP contribution >= 0.6 is 0 Å². The molecule has 0 radical (unpaired) electrons. The fourth-order valence-corrected chi connectivity index (χ4v) is 5.17. The molecule has 0 bridgehead atoms. The van der Waals surface area contributed by atoms with Gasteiger partial charge >= 0.3 is 6.03 Å². The van der Waals surface area contributed by atoms with Crippen LogP contribution in [0.3, 0.4) is 0 Å². The molecule has 6 heteroatoms. The summed E-state index contributed by atoms with van der Waals surface area (Å²) in [7, 11) is 0. The highest BCUT2D eigenvalue weighted by Gasteiger charge is 2.40. The minimum absolute atomic E-state index is 0.0665. The van der Waals surface area contributed by atoms with Crippen LogP contribution in [0.2, 0.25) is 0 Å². The first kappa shape index (κ1) is 19.0. The molecule has 1 N–H and O–H groups in total. The number of carbonyl (C=O) groups is 3. The number of urea groups is 1. The Morgan fingerprint density at radius 1 is 0.929 bits per heavy atom. The molecule has 28 heavy (non-hydrogen) atoms. The molecule has 1 aliphatic heterocycles. The highest BCUT2D eigenvalue weighted by molar-refractivity contribution is 6.31. The summed E-state index contributed by atoms with van der Waals surface area (Å²) in [5.74, 6) is -1.04. The number of barbiturate groups is 1. The molecule has 0 aromatic carbocycles. The maximum Gasteiger partial charge on any atom is 0.331 e. The first-order chi connectivity index (χ1) is 13.5. The number of hydrogen-bond acceptors (Lipinski definition) is 3. The van der Waals surface area contributed by atoms with Gasteiger partial charge in [-0.2, -0.15) is 0 Å². The zero-order valence-corrected chi connectivity index (χ0v) is 16.8. The minimum atomic E-state index is -0.590. The molecule has 1 aromatic heterocycles. The number of nitrogens with zero attached hydrogens (tertiary/aromatic N) is 2. The molecule has 0 spiro atoms. The Morgan fingerprint density at radius 2 is 1.54 bits per heavy atom. The van der Waals surface area contributed by atoms with E-state index in [1.165, 1.54) is 30.6 Å². The molecule has 6 nitrogen and oxygen atoms in total. The van der Waals surface area contributed by atoms with Gasteiger partial charge in [0.25, 0.3) is 11.8 Å². The van der Waals surface area contributed by atoms with E-state index in [1.54, 1.807) is 6.08 Å². The van der Waals surface area contributed by atoms with E-state index >= 15 is 0 Å². The van der Waals surface area contributed by atoms with Gasteiger partial charge in [0, 0.05) is 23.5 Å². The predicted molar refractivity (Wildman–Crippen MR) is 107 cm³/mol. The highest BCUT2D eigenvalue weighted by Crippen LogP contribution is 2.34. The van der Waals surface area contributed by atoms with E-state index in [0.29, 0.717) is 6.04 Å². The summed E-state index contributed by atoms with van der Waals surface area (Å²) in [5.41, 5.74) is 3.19. The van der Waals surface area contributed by atoms with Crippen molar-refractivity contribution in [3.63, 3.8) is 0 Å². The summed E-state index contributed by atoms with van der Waals surface area (Å²) in [6, 6.07) is 1.87. The maximum atomic E-state index is 13.1. The van der Waals surface area contributed by atoms with Crippen molar-refractivity contribution in [2.24, 2.45) is 0 Å². The molecule has 3 fully saturated rings. The molecule has 0 atom stereocenters. The van der Waals surface area contributed by atoms with Crippen LogP contribution in [0.4, 0.5) is 4.79 Å². The van der Waals surface area contributed by atoms with Gasteiger partial charge in [-0.25, -0.2) is 4.79 Å². The fraction of sp³-hybridized carbons (Fsp3) is 0.591. The molecular formula is C22H29N3O3. The second kappa shape index (κ2) is 7.57. The summed E-state index contributed by atoms with van der Waals surface area (Å²) in [4.78, 5) is 39.2. The third-order valence-corrected chi connectivity index (χ3v) is 6.59. The average Bonchev–Trinajstić information content (AvgIpc) is 3.27. The van der Waals surface area contributed by atoms with Crippen molar-refractivity contribution in [2.45, 2.75) is 83.7 Å². The summed E-state index contributed by atoms with van der Waals surface area (Å²) in [6.07, 6.45) is 11.3. The standard InChI is InChI=1S/C22H29N3O3/c1-14-12-16(15(2)24(14)17-10-6-7-11-17)13-19-20(26)23-22(28)25(21(19)27)18-8-4-3-5-9-18/h12-13,17-18H,3-11H2,1-2H3,(H,23,26,28)/b19-13+. The molecule has 1 aromatic rings. The van der Waals surface area contributed by atoms with Gasteiger partial charge in [0.05, 0.1) is 0 Å². The van der Waals surface area contributed by atoms with Crippen molar-refractivity contribution < 1.29 is 14.4 Å². The summed E-state index contributed by atoms with van der Waals surface area (Å²) in [6.45, 7) is 4.13. The molecule has 4 rings (SSSR count). The normalized spacial score (nSPS) is 23.7. The monoisotopic (exact) mass is 383 g/mol. The quantitative estimate of drug-likeness (QED) is 0.633. The number of imide groups is 2. The predicted octanol–water partition coefficient (Wildman–Crippen LogP) is 4.01. The Balaban J connectivity index is 1.66. The number of carbonyl (C=O) groups excluding carboxylic acids is 3. The lowest BCUT2D eigenvalue weighted by molar-refractivity contribution is -0.132. The zero-order chi connectivity index (χ0) is 19.8. The van der Waals surface area contributed by atoms with Crippen molar-refractivity contribution in [1.29, 1.82) is 0 Å². The molecule has 2 heterocycles. The van der Waals surface area contributed by atoms with Gasteiger partial charge in [0.1, 0.15) is 5.57 Å². The van der Waals surface area contributed by atoms with Crippen LogP contribution < -0.4 is 5.32 Å². The van der Waals surface area contributed by atoms with E-state index in [4.69, 9.17) is 0 Å². The number of aryl methyl sites for hydroxylation is 1. The fourth-order valence-electron chi connectivity index (χ4n) is 5.17. The van der Waals surface area contributed by atoms with Crippen LogP contribution in [0, 0.1) is 13.8 Å². The third-order valence-electron chi connectivity index (χ3n) is 6.59. The molecule has 2 saturated carbocycles. The van der Waals surface area contributed by atoms with Crippen molar-refractivity contribution >= 4 is 23.9 Å². The van der Waals surface area contributed by atoms with Crippen LogP contribution in [0.15, 0.2) is 11.6 Å². The van der Waals surface area contributed by atoms with Crippen LogP contribution in [-0.4, -0.2) is 33.4 Å². The topological polar surface area (TPSA) is 71.4 Å². The zero-order valence-electron chi connectivity index (χ0n) is 16.8. The lowest BCUT2D eigenvalue weighted by atomic mass is 9.93. The first-order valence-corrected chi connectivity index (χ1v) is 10.6. The molecule has 1 saturated heterocycles. The van der Waals surface area contributed by atoms with Crippen molar-refractivity contribution in [3.8, 4) is 0 Å². The lowest BCUT2D eigenvalue weighted by Gasteiger charge is -2.35. The van der Waals surface area contributed by atoms with E-state index in [1.807, 2.05) is 13.0 Å². The Labute approximate surface area is 166 Å². The van der Waals surface area contributed by atoms with E-state index < -0.39 is 17.8 Å². The van der Waals surface area contributed by atoms with Crippen LogP contribution in [0.1, 0.15) is 80.8 Å². The highest BCUT2D eigenvalue weighted by atomic mass is 16.2. The number of amides is 4. The van der Waals surface area contributed by atoms with Gasteiger partial charge in [-0.05, 0) is 57.2 Å². The van der Waals surface area contributed by atoms with Gasteiger partial charge in [0.15, 0.2) is 0 Å². The average molecular weight is 383 g/mol. The van der Waals surface area contributed by atoms with Crippen LogP contribution in [-0.2, 0) is 9.59 Å². The largest absolute Gasteiger partial charge is 0.346 e. The van der Waals surface area contributed by atoms with Gasteiger partial charge in [-0.15, -0.1) is 0 Å². The molecule has 0 unspecified atom stereocenters. The summed E-state index contributed by atoms with van der Waals surface area (Å²) in [5, 5.41) is 2.38. The van der Waals surface area contributed by atoms with Gasteiger partial charge in [0.2, 0.25) is 0 Å². The number of rotatable bonds is 3. The molecule has 3 aliphatic rings. The summed E-state index contributed by atoms with van der Waals surface area (Å²) >= 11 is 0. The molecule has 2 aliphatic carbocycles. The van der Waals surface area contributed by atoms with E-state index in [0.717, 1.165) is 49.1 Å². The van der Waals surface area contributed by atoms with Gasteiger partial charge in [-0.3, -0.25) is 19.8 Å². The van der Waals surface area contributed by atoms with Crippen LogP contribution in [0.5, 0.6) is 0 Å². The van der Waals surface area contributed by atoms with E-state index in [2.05, 4.69) is 16.8 Å². The molecular weight excluding hydrogens is 354 g/mol. The Bertz CT molecular complexity index is 839. The summed E-state index contributed by atoms with van der Waals surface area (Å²) < 4.78 is 2.34. The molecule has 4 amide bonds. The first-order valence-electron chi connectivity index (χ1n) is 10.6. The van der Waals surface area contributed by atoms with E-state index in [-0.39, 0.29) is 11.6 Å². The van der Waals surface area contributed by atoms with Crippen molar-refractivity contribution in [2.75, 3.05) is 0 Å². The van der Waals surface area contributed by atoms with Gasteiger partial charge in [-0.1, -0.05) is 32.1 Å². The Morgan fingerprint density at radius 3 is 2.21 bits per heavy atom. The van der Waals surface area contributed by atoms with Crippen LogP contribution in [0.25, 0.3) is 6.08 Å². The maximum absolute atomic E-state index is 13.1. The van der Waals surface area contributed by atoms with Crippen molar-refractivity contribution in [1.82, 2.24) is 14.8 Å². The second-order valence-electron chi connectivity index (χ2n) is 8.42. The molecule has 150 valence electrons. The Hall–Kier alpha value is -2.37. The SMILES string of the molecule is Cc1cc(/C=C2\C(=O)NC(=O)N(C3CCCCC3)C2=O)c(C)n1C1CCCC1. The number of nitrogens with one attached hydrogen (secondary N) is 1. The van der Waals surface area contributed by atoms with E-state index in [9.17, 15) is 14.4 Å². The minimum Gasteiger partial charge on any atom is -0.346 e. The number of hydrogen-bond donors (Lipinski definition) is 1. The second-order valence-corrected chi connectivity index (χ2v) is 8.42. The Kier molecular flexibility index (Phi) is 5.13.